The molecule has 0 saturated carbocycles. The summed E-state index contributed by atoms with van der Waals surface area (Å²) in [5.41, 5.74) is 6.66. The summed E-state index contributed by atoms with van der Waals surface area (Å²) < 4.78 is 6.04. The van der Waals surface area contributed by atoms with Gasteiger partial charge in [0.05, 0.1) is 5.82 Å². The van der Waals surface area contributed by atoms with Crippen molar-refractivity contribution in [3.05, 3.63) is 96.5 Å². The lowest BCUT2D eigenvalue weighted by molar-refractivity contribution is 0.376. The molecule has 0 bridgehead atoms. The number of aromatic nitrogens is 1. The highest BCUT2D eigenvalue weighted by molar-refractivity contribution is 5.85. The number of aryl methyl sites for hydroxylation is 1. The van der Waals surface area contributed by atoms with Gasteiger partial charge in [-0.1, -0.05) is 31.4 Å². The maximum atomic E-state index is 6.04. The van der Waals surface area contributed by atoms with Gasteiger partial charge in [0.2, 0.25) is 0 Å². The molecule has 1 aliphatic heterocycles. The van der Waals surface area contributed by atoms with Crippen LogP contribution >= 0.6 is 0 Å². The molecule has 0 atom stereocenters. The molecule has 1 aliphatic rings. The van der Waals surface area contributed by atoms with Gasteiger partial charge < -0.3 is 30.6 Å². The average Bonchev–Trinajstić information content (AvgIpc) is 3.24. The molecule has 176 valence electrons. The van der Waals surface area contributed by atoms with Gasteiger partial charge in [-0.2, -0.15) is 0 Å². The summed E-state index contributed by atoms with van der Waals surface area (Å²) in [6.45, 7) is 12.4. The summed E-state index contributed by atoms with van der Waals surface area (Å²) in [5, 5.41) is 9.79. The van der Waals surface area contributed by atoms with Crippen LogP contribution in [0.3, 0.4) is 0 Å². The predicted molar refractivity (Wildman–Crippen MR) is 144 cm³/mol. The summed E-state index contributed by atoms with van der Waals surface area (Å²) in [4.78, 5) is 5.52. The first kappa shape index (κ1) is 23.1. The first-order valence-corrected chi connectivity index (χ1v) is 11.5. The summed E-state index contributed by atoms with van der Waals surface area (Å²) in [6, 6.07) is 15.8. The standard InChI is InChI=1S/C28H33N5O/c1-19-18-31-28(30-5)27(19)20(2)22-12-14-33(15-13-22)21(3)32-24-9-7-11-26(17-24)34-25-10-6-8-23(16-25)29-4/h6-12,16-18,29-32H,2-3,13-15H2,1,4-5H3. The molecule has 2 aromatic carbocycles. The Hall–Kier alpha value is -4.06. The van der Waals surface area contributed by atoms with Crippen LogP contribution in [0.5, 0.6) is 11.5 Å². The maximum absolute atomic E-state index is 6.04. The van der Waals surface area contributed by atoms with Gasteiger partial charge in [0.15, 0.2) is 0 Å². The minimum atomic E-state index is 0.769. The van der Waals surface area contributed by atoms with Crippen LogP contribution in [0.2, 0.25) is 0 Å². The number of benzene rings is 2. The fourth-order valence-electron chi connectivity index (χ4n) is 4.19. The third-order valence-corrected chi connectivity index (χ3v) is 6.09. The van der Waals surface area contributed by atoms with E-state index in [0.29, 0.717) is 0 Å². The molecule has 1 aromatic heterocycles. The van der Waals surface area contributed by atoms with Gasteiger partial charge in [0.1, 0.15) is 17.3 Å². The second-order valence-electron chi connectivity index (χ2n) is 8.36. The number of hydrogen-bond donors (Lipinski definition) is 4. The lowest BCUT2D eigenvalue weighted by atomic mass is 9.94. The Morgan fingerprint density at radius 3 is 2.35 bits per heavy atom. The Morgan fingerprint density at radius 2 is 1.71 bits per heavy atom. The van der Waals surface area contributed by atoms with Crippen LogP contribution < -0.4 is 20.7 Å². The molecule has 0 saturated heterocycles. The number of ether oxygens (including phenoxy) is 1. The summed E-state index contributed by atoms with van der Waals surface area (Å²) in [7, 11) is 3.82. The van der Waals surface area contributed by atoms with Crippen LogP contribution in [0.1, 0.15) is 17.5 Å². The Labute approximate surface area is 202 Å². The summed E-state index contributed by atoms with van der Waals surface area (Å²) in [5.74, 6) is 3.43. The minimum absolute atomic E-state index is 0.769. The quantitative estimate of drug-likeness (QED) is 0.300. The van der Waals surface area contributed by atoms with Crippen LogP contribution in [0.4, 0.5) is 17.2 Å². The molecule has 6 nitrogen and oxygen atoms in total. The molecular formula is C28H33N5O. The van der Waals surface area contributed by atoms with Gasteiger partial charge in [0.25, 0.3) is 0 Å². The number of rotatable bonds is 9. The highest BCUT2D eigenvalue weighted by atomic mass is 16.5. The van der Waals surface area contributed by atoms with E-state index >= 15 is 0 Å². The van der Waals surface area contributed by atoms with Gasteiger partial charge in [-0.15, -0.1) is 0 Å². The number of allylic oxidation sites excluding steroid dienone is 1. The number of hydrogen-bond acceptors (Lipinski definition) is 5. The lowest BCUT2D eigenvalue weighted by Gasteiger charge is -2.31. The number of nitrogens with one attached hydrogen (secondary N) is 4. The molecular weight excluding hydrogens is 422 g/mol. The molecule has 0 radical (unpaired) electrons. The molecule has 0 unspecified atom stereocenters. The highest BCUT2D eigenvalue weighted by Crippen LogP contribution is 2.34. The lowest BCUT2D eigenvalue weighted by Crippen LogP contribution is -2.31. The smallest absolute Gasteiger partial charge is 0.129 e. The van der Waals surface area contributed by atoms with Crippen LogP contribution in [-0.2, 0) is 0 Å². The van der Waals surface area contributed by atoms with Crippen LogP contribution in [0.25, 0.3) is 5.57 Å². The number of anilines is 3. The largest absolute Gasteiger partial charge is 0.457 e. The summed E-state index contributed by atoms with van der Waals surface area (Å²) in [6.07, 6.45) is 5.18. The Morgan fingerprint density at radius 1 is 1.00 bits per heavy atom. The molecule has 6 heteroatoms. The van der Waals surface area contributed by atoms with Crippen molar-refractivity contribution in [2.24, 2.45) is 0 Å². The molecule has 34 heavy (non-hydrogen) atoms. The van der Waals surface area contributed by atoms with Crippen LogP contribution in [-0.4, -0.2) is 37.1 Å². The normalized spacial score (nSPS) is 13.1. The van der Waals surface area contributed by atoms with Crippen molar-refractivity contribution < 1.29 is 4.74 Å². The third-order valence-electron chi connectivity index (χ3n) is 6.09. The zero-order chi connectivity index (χ0) is 24.1. The molecule has 2 heterocycles. The van der Waals surface area contributed by atoms with E-state index in [1.807, 2.05) is 68.8 Å². The molecule has 0 aliphatic carbocycles. The molecule has 0 amide bonds. The van der Waals surface area contributed by atoms with Gasteiger partial charge in [-0.25, -0.2) is 0 Å². The van der Waals surface area contributed by atoms with Gasteiger partial charge in [-0.3, -0.25) is 0 Å². The third kappa shape index (κ3) is 5.12. The number of H-pyrrole nitrogens is 1. The predicted octanol–water partition coefficient (Wildman–Crippen LogP) is 6.43. The van der Waals surface area contributed by atoms with E-state index in [2.05, 4.69) is 52.0 Å². The van der Waals surface area contributed by atoms with E-state index < -0.39 is 0 Å². The van der Waals surface area contributed by atoms with E-state index in [0.717, 1.165) is 65.2 Å². The number of nitrogens with zero attached hydrogens (tertiary/aromatic N) is 1. The minimum Gasteiger partial charge on any atom is -0.457 e. The van der Waals surface area contributed by atoms with Crippen LogP contribution in [0.15, 0.2) is 85.4 Å². The van der Waals surface area contributed by atoms with Crippen LogP contribution in [0, 0.1) is 6.92 Å². The van der Waals surface area contributed by atoms with Crippen molar-refractivity contribution in [1.82, 2.24) is 9.88 Å². The second kappa shape index (κ2) is 10.3. The van der Waals surface area contributed by atoms with E-state index in [-0.39, 0.29) is 0 Å². The first-order chi connectivity index (χ1) is 16.5. The molecule has 3 aromatic rings. The van der Waals surface area contributed by atoms with E-state index in [4.69, 9.17) is 4.74 Å². The fraction of sp³-hybridized carbons (Fsp3) is 0.214. The Bertz CT molecular complexity index is 1220. The summed E-state index contributed by atoms with van der Waals surface area (Å²) >= 11 is 0. The van der Waals surface area contributed by atoms with Crippen molar-refractivity contribution >= 4 is 22.8 Å². The molecule has 4 N–H and O–H groups in total. The van der Waals surface area contributed by atoms with Crippen molar-refractivity contribution in [2.75, 3.05) is 43.1 Å². The van der Waals surface area contributed by atoms with Crippen molar-refractivity contribution in [1.29, 1.82) is 0 Å². The number of aromatic amines is 1. The molecule has 0 fully saturated rings. The zero-order valence-corrected chi connectivity index (χ0v) is 20.2. The fourth-order valence-corrected chi connectivity index (χ4v) is 4.19. The topological polar surface area (TPSA) is 64.3 Å². The molecule has 0 spiro atoms. The highest BCUT2D eigenvalue weighted by Gasteiger charge is 2.19. The first-order valence-electron chi connectivity index (χ1n) is 11.5. The maximum Gasteiger partial charge on any atom is 0.129 e. The molecule has 4 rings (SSSR count). The van der Waals surface area contributed by atoms with Gasteiger partial charge >= 0.3 is 0 Å². The van der Waals surface area contributed by atoms with Crippen molar-refractivity contribution in [2.45, 2.75) is 13.3 Å². The van der Waals surface area contributed by atoms with Gasteiger partial charge in [-0.05, 0) is 54.3 Å². The van der Waals surface area contributed by atoms with E-state index in [1.165, 1.54) is 11.1 Å². The van der Waals surface area contributed by atoms with Gasteiger partial charge in [0, 0.05) is 62.5 Å². The van der Waals surface area contributed by atoms with Crippen molar-refractivity contribution in [3.8, 4) is 11.5 Å². The van der Waals surface area contributed by atoms with E-state index in [1.54, 1.807) is 0 Å². The SMILES string of the molecule is C=C(C1=CCN(C(=C)Nc2cccc(Oc3cccc(NC)c3)c2)CC1)c1c(C)c[nH]c1NC. The second-order valence-corrected chi connectivity index (χ2v) is 8.36. The van der Waals surface area contributed by atoms with Crippen molar-refractivity contribution in [3.63, 3.8) is 0 Å². The average molecular weight is 456 g/mol. The Kier molecular flexibility index (Phi) is 6.97. The monoisotopic (exact) mass is 455 g/mol. The Balaban J connectivity index is 1.38. The zero-order valence-electron chi connectivity index (χ0n) is 20.2. The van der Waals surface area contributed by atoms with E-state index in [9.17, 15) is 0 Å².